The second-order valence-corrected chi connectivity index (χ2v) is 4.73. The summed E-state index contributed by atoms with van der Waals surface area (Å²) in [6, 6.07) is 13.6. The molecule has 0 aliphatic rings. The van der Waals surface area contributed by atoms with Crippen LogP contribution in [-0.2, 0) is 0 Å². The summed E-state index contributed by atoms with van der Waals surface area (Å²) in [4.78, 5) is 8.96. The molecule has 0 aliphatic carbocycles. The standard InChI is InChI=1S/C18H16N2O2/c1-21-17-10-8-13(11-18(17)22-2)7-9-14-12-19-15-5-3-4-6-16(15)20-14/h3-12H,1-2H3/b9-7+. The van der Waals surface area contributed by atoms with E-state index in [0.29, 0.717) is 11.5 Å². The van der Waals surface area contributed by atoms with Crippen LogP contribution in [-0.4, -0.2) is 24.2 Å². The number of hydrogen-bond acceptors (Lipinski definition) is 4. The van der Waals surface area contributed by atoms with Crippen LogP contribution in [0.25, 0.3) is 23.2 Å². The first-order chi connectivity index (χ1) is 10.8. The van der Waals surface area contributed by atoms with Crippen LogP contribution in [0, 0.1) is 0 Å². The van der Waals surface area contributed by atoms with Gasteiger partial charge in [0, 0.05) is 0 Å². The fourth-order valence-electron chi connectivity index (χ4n) is 2.19. The molecule has 2 aromatic carbocycles. The highest BCUT2D eigenvalue weighted by Crippen LogP contribution is 2.28. The predicted molar refractivity (Wildman–Crippen MR) is 88.0 cm³/mol. The smallest absolute Gasteiger partial charge is 0.161 e. The van der Waals surface area contributed by atoms with Gasteiger partial charge in [-0.2, -0.15) is 0 Å². The maximum atomic E-state index is 5.30. The lowest BCUT2D eigenvalue weighted by atomic mass is 10.1. The Morgan fingerprint density at radius 1 is 0.864 bits per heavy atom. The topological polar surface area (TPSA) is 44.2 Å². The number of methoxy groups -OCH3 is 2. The molecule has 110 valence electrons. The normalized spacial score (nSPS) is 11.0. The van der Waals surface area contributed by atoms with Crippen LogP contribution in [0.15, 0.2) is 48.7 Å². The van der Waals surface area contributed by atoms with Gasteiger partial charge in [-0.3, -0.25) is 4.98 Å². The number of fused-ring (bicyclic) bond motifs is 1. The van der Waals surface area contributed by atoms with Crippen LogP contribution in [0.5, 0.6) is 11.5 Å². The number of hydrogen-bond donors (Lipinski definition) is 0. The maximum Gasteiger partial charge on any atom is 0.161 e. The summed E-state index contributed by atoms with van der Waals surface area (Å²) < 4.78 is 10.5. The molecule has 4 nitrogen and oxygen atoms in total. The summed E-state index contributed by atoms with van der Waals surface area (Å²) >= 11 is 0. The van der Waals surface area contributed by atoms with E-state index in [0.717, 1.165) is 22.3 Å². The summed E-state index contributed by atoms with van der Waals surface area (Å²) in [7, 11) is 3.25. The van der Waals surface area contributed by atoms with Crippen LogP contribution in [0.4, 0.5) is 0 Å². The predicted octanol–water partition coefficient (Wildman–Crippen LogP) is 3.82. The van der Waals surface area contributed by atoms with E-state index >= 15 is 0 Å². The van der Waals surface area contributed by atoms with Crippen LogP contribution < -0.4 is 9.47 Å². The van der Waals surface area contributed by atoms with Gasteiger partial charge in [-0.05, 0) is 35.9 Å². The van der Waals surface area contributed by atoms with Crippen molar-refractivity contribution in [2.45, 2.75) is 0 Å². The average Bonchev–Trinajstić information content (AvgIpc) is 2.59. The van der Waals surface area contributed by atoms with E-state index in [-0.39, 0.29) is 0 Å². The van der Waals surface area contributed by atoms with E-state index in [9.17, 15) is 0 Å². The molecule has 0 aliphatic heterocycles. The van der Waals surface area contributed by atoms with Gasteiger partial charge in [0.15, 0.2) is 11.5 Å². The van der Waals surface area contributed by atoms with Gasteiger partial charge in [-0.1, -0.05) is 24.3 Å². The number of aromatic nitrogens is 2. The maximum absolute atomic E-state index is 5.30. The number of rotatable bonds is 4. The van der Waals surface area contributed by atoms with Gasteiger partial charge in [0.05, 0.1) is 37.1 Å². The summed E-state index contributed by atoms with van der Waals surface area (Å²) in [5.41, 5.74) is 3.60. The zero-order valence-corrected chi connectivity index (χ0v) is 12.5. The van der Waals surface area contributed by atoms with Gasteiger partial charge in [0.1, 0.15) is 0 Å². The Hall–Kier alpha value is -2.88. The Morgan fingerprint density at radius 2 is 1.64 bits per heavy atom. The number of benzene rings is 2. The van der Waals surface area contributed by atoms with Crippen molar-refractivity contribution >= 4 is 23.2 Å². The van der Waals surface area contributed by atoms with Crippen LogP contribution >= 0.6 is 0 Å². The van der Waals surface area contributed by atoms with Gasteiger partial charge in [-0.15, -0.1) is 0 Å². The fourth-order valence-corrected chi connectivity index (χ4v) is 2.19. The lowest BCUT2D eigenvalue weighted by Gasteiger charge is -2.07. The molecular formula is C18H16N2O2. The Kier molecular flexibility index (Phi) is 4.01. The SMILES string of the molecule is COc1ccc(/C=C/c2cnc3ccccc3n2)cc1OC. The molecule has 0 radical (unpaired) electrons. The Balaban J connectivity index is 1.89. The molecule has 3 aromatic rings. The molecule has 0 saturated carbocycles. The van der Waals surface area contributed by atoms with E-state index in [4.69, 9.17) is 9.47 Å². The molecule has 3 rings (SSSR count). The van der Waals surface area contributed by atoms with Gasteiger partial charge in [0.2, 0.25) is 0 Å². The highest BCUT2D eigenvalue weighted by atomic mass is 16.5. The third-order valence-electron chi connectivity index (χ3n) is 3.32. The second kappa shape index (κ2) is 6.26. The van der Waals surface area contributed by atoms with Gasteiger partial charge < -0.3 is 9.47 Å². The first-order valence-corrected chi connectivity index (χ1v) is 6.92. The van der Waals surface area contributed by atoms with E-state index in [1.54, 1.807) is 20.4 Å². The van der Waals surface area contributed by atoms with E-state index in [1.807, 2.05) is 54.6 Å². The van der Waals surface area contributed by atoms with E-state index < -0.39 is 0 Å². The first-order valence-electron chi connectivity index (χ1n) is 6.92. The van der Waals surface area contributed by atoms with Crippen LogP contribution in [0.3, 0.4) is 0 Å². The van der Waals surface area contributed by atoms with E-state index in [1.165, 1.54) is 0 Å². The number of nitrogens with zero attached hydrogens (tertiary/aromatic N) is 2. The molecule has 22 heavy (non-hydrogen) atoms. The van der Waals surface area contributed by atoms with Crippen LogP contribution in [0.2, 0.25) is 0 Å². The van der Waals surface area contributed by atoms with Crippen molar-refractivity contribution in [1.82, 2.24) is 9.97 Å². The molecule has 1 aromatic heterocycles. The van der Waals surface area contributed by atoms with E-state index in [2.05, 4.69) is 9.97 Å². The van der Waals surface area contributed by atoms with Crippen molar-refractivity contribution in [3.8, 4) is 11.5 Å². The quantitative estimate of drug-likeness (QED) is 0.733. The van der Waals surface area contributed by atoms with Crippen molar-refractivity contribution in [2.75, 3.05) is 14.2 Å². The zero-order chi connectivity index (χ0) is 15.4. The summed E-state index contributed by atoms with van der Waals surface area (Å²) in [6.07, 6.45) is 5.67. The Bertz CT molecular complexity index is 828. The molecule has 0 fully saturated rings. The molecule has 4 heteroatoms. The minimum absolute atomic E-state index is 0.703. The molecule has 0 amide bonds. The highest BCUT2D eigenvalue weighted by Gasteiger charge is 2.03. The summed E-state index contributed by atoms with van der Waals surface area (Å²) in [6.45, 7) is 0. The monoisotopic (exact) mass is 292 g/mol. The average molecular weight is 292 g/mol. The molecular weight excluding hydrogens is 276 g/mol. The Morgan fingerprint density at radius 3 is 2.41 bits per heavy atom. The molecule has 1 heterocycles. The third kappa shape index (κ3) is 2.91. The molecule has 0 atom stereocenters. The van der Waals surface area contributed by atoms with Crippen LogP contribution in [0.1, 0.15) is 11.3 Å². The van der Waals surface area contributed by atoms with Crippen molar-refractivity contribution in [3.05, 3.63) is 59.9 Å². The zero-order valence-electron chi connectivity index (χ0n) is 12.5. The Labute approximate surface area is 129 Å². The highest BCUT2D eigenvalue weighted by molar-refractivity contribution is 5.76. The van der Waals surface area contributed by atoms with Crippen molar-refractivity contribution in [1.29, 1.82) is 0 Å². The van der Waals surface area contributed by atoms with Gasteiger partial charge in [0.25, 0.3) is 0 Å². The molecule has 0 spiro atoms. The summed E-state index contributed by atoms with van der Waals surface area (Å²) in [5, 5.41) is 0. The molecule has 0 unspecified atom stereocenters. The first kappa shape index (κ1) is 14.1. The molecule has 0 N–H and O–H groups in total. The number of para-hydroxylation sites is 2. The minimum atomic E-state index is 0.703. The lowest BCUT2D eigenvalue weighted by Crippen LogP contribution is -1.90. The fraction of sp³-hybridized carbons (Fsp3) is 0.111. The van der Waals surface area contributed by atoms with Gasteiger partial charge >= 0.3 is 0 Å². The third-order valence-corrected chi connectivity index (χ3v) is 3.32. The van der Waals surface area contributed by atoms with Crippen molar-refractivity contribution < 1.29 is 9.47 Å². The minimum Gasteiger partial charge on any atom is -0.493 e. The van der Waals surface area contributed by atoms with Gasteiger partial charge in [-0.25, -0.2) is 4.98 Å². The summed E-state index contributed by atoms with van der Waals surface area (Å²) in [5.74, 6) is 1.42. The van der Waals surface area contributed by atoms with Crippen molar-refractivity contribution in [3.63, 3.8) is 0 Å². The largest absolute Gasteiger partial charge is 0.493 e. The molecule has 0 bridgehead atoms. The van der Waals surface area contributed by atoms with Crippen molar-refractivity contribution in [2.24, 2.45) is 0 Å². The lowest BCUT2D eigenvalue weighted by molar-refractivity contribution is 0.355. The molecule has 0 saturated heterocycles. The number of ether oxygens (including phenoxy) is 2. The second-order valence-electron chi connectivity index (χ2n) is 4.73.